The molecule has 0 spiro atoms. The van der Waals surface area contributed by atoms with Crippen LogP contribution in [0, 0.1) is 0 Å². The summed E-state index contributed by atoms with van der Waals surface area (Å²) in [5.74, 6) is -184. The molecule has 0 aromatic heterocycles. The first-order chi connectivity index (χ1) is 25.4. The van der Waals surface area contributed by atoms with Gasteiger partial charge in [0.1, 0.15) is 0 Å². The van der Waals surface area contributed by atoms with Crippen molar-refractivity contribution in [2.75, 3.05) is 0 Å². The predicted octanol–water partition coefficient (Wildman–Crippen LogP) is 11.4. The quantitative estimate of drug-likeness (QED) is 0.110. The number of carbonyl (C=O) groups is 1. The second kappa shape index (κ2) is 15.2. The van der Waals surface area contributed by atoms with Crippen molar-refractivity contribution in [1.82, 2.24) is 0 Å². The summed E-state index contributed by atoms with van der Waals surface area (Å²) in [7, 11) is 0. The van der Waals surface area contributed by atoms with E-state index in [0.29, 0.717) is 0 Å². The number of carboxylic acid groups (broad SMARTS) is 1. The molecular formula is C20H2F39KO2. The molecule has 0 aliphatic carbocycles. The first-order valence-electron chi connectivity index (χ1n) is 12.5. The summed E-state index contributed by atoms with van der Waals surface area (Å²) < 4.78 is 526. The fourth-order valence-electron chi connectivity index (χ4n) is 3.47. The maximum atomic E-state index is 13.9. The van der Waals surface area contributed by atoms with Gasteiger partial charge in [-0.3, -0.25) is 0 Å². The molecule has 368 valence electrons. The molecule has 62 heavy (non-hydrogen) atoms. The average molecular weight is 1050 g/mol. The molecule has 1 N–H and O–H groups in total. The van der Waals surface area contributed by atoms with Crippen molar-refractivity contribution in [2.24, 2.45) is 0 Å². The van der Waals surface area contributed by atoms with Gasteiger partial charge in [0.25, 0.3) is 0 Å². The van der Waals surface area contributed by atoms with Crippen molar-refractivity contribution < 1.29 is 181 Å². The van der Waals surface area contributed by atoms with E-state index in [1.165, 1.54) is 0 Å². The second-order valence-corrected chi connectivity index (χ2v) is 11.1. The van der Waals surface area contributed by atoms with E-state index in [9.17, 15) is 176 Å². The fraction of sp³-hybridized carbons (Fsp3) is 0.950. The molecule has 0 amide bonds. The van der Waals surface area contributed by atoms with E-state index in [0.717, 1.165) is 0 Å². The Morgan fingerprint density at radius 3 is 0.403 bits per heavy atom. The molecular weight excluding hydrogens is 1050 g/mol. The van der Waals surface area contributed by atoms with Crippen molar-refractivity contribution in [1.29, 1.82) is 0 Å². The van der Waals surface area contributed by atoms with Crippen LogP contribution in [0.3, 0.4) is 0 Å². The molecule has 0 aliphatic heterocycles. The summed E-state index contributed by atoms with van der Waals surface area (Å²) in [6.45, 7) is 0. The summed E-state index contributed by atoms with van der Waals surface area (Å²) in [4.78, 5) is 9.97. The van der Waals surface area contributed by atoms with Crippen LogP contribution in [0.5, 0.6) is 0 Å². The molecule has 2 nitrogen and oxygen atoms in total. The van der Waals surface area contributed by atoms with Gasteiger partial charge in [-0.05, 0) is 0 Å². The number of rotatable bonds is 18. The molecule has 0 unspecified atom stereocenters. The third kappa shape index (κ3) is 6.94. The molecule has 0 radical (unpaired) electrons. The average Bonchev–Trinajstić information content (AvgIpc) is 3.02. The summed E-state index contributed by atoms with van der Waals surface area (Å²) >= 11 is 0. The van der Waals surface area contributed by atoms with Gasteiger partial charge in [0, 0.05) is 0 Å². The van der Waals surface area contributed by atoms with Crippen LogP contribution in [0.4, 0.5) is 171 Å². The van der Waals surface area contributed by atoms with E-state index in [2.05, 4.69) is 0 Å². The van der Waals surface area contributed by atoms with Gasteiger partial charge < -0.3 is 5.11 Å². The van der Waals surface area contributed by atoms with Crippen molar-refractivity contribution in [3.05, 3.63) is 0 Å². The minimum absolute atomic E-state index is 0. The fourth-order valence-corrected chi connectivity index (χ4v) is 3.47. The van der Waals surface area contributed by atoms with Gasteiger partial charge in [0.05, 0.1) is 0 Å². The van der Waals surface area contributed by atoms with Gasteiger partial charge >= 0.3 is 170 Å². The zero-order valence-electron chi connectivity index (χ0n) is 25.6. The van der Waals surface area contributed by atoms with Crippen LogP contribution in [0.15, 0.2) is 0 Å². The number of aliphatic carboxylic acids is 1. The standard InChI is InChI=1S/C20HF39O2.K.H/c21-2(22,1(60)61)3(23,24)4(25,26)5(27,28)6(29,30)7(31,32)8(33,34)9(35,36)10(37,38)11(39,40)12(41,42)13(43,44)14(45,46)15(47,48)16(49,50)17(51,52)18(53,54)19(55,56)20(57,58)59;;/h(H,60,61);;. The summed E-state index contributed by atoms with van der Waals surface area (Å²) in [6.07, 6.45) is -8.51. The van der Waals surface area contributed by atoms with Gasteiger partial charge in [-0.1, -0.05) is 0 Å². The van der Waals surface area contributed by atoms with Crippen LogP contribution in [0.1, 0.15) is 0 Å². The summed E-state index contributed by atoms with van der Waals surface area (Å²) in [5, 5.41) is 7.67. The van der Waals surface area contributed by atoms with E-state index < -0.39 is 119 Å². The van der Waals surface area contributed by atoms with Gasteiger partial charge in [-0.2, -0.15) is 171 Å². The van der Waals surface area contributed by atoms with Gasteiger partial charge in [0.15, 0.2) is 0 Å². The number of hydrogen-bond acceptors (Lipinski definition) is 1. The molecule has 0 atom stereocenters. The van der Waals surface area contributed by atoms with Gasteiger partial charge in [-0.25, -0.2) is 4.79 Å². The Kier molecular flexibility index (Phi) is 15.3. The normalized spacial score (nSPS) is 17.0. The van der Waals surface area contributed by atoms with Gasteiger partial charge in [0.2, 0.25) is 0 Å². The Morgan fingerprint density at radius 2 is 0.306 bits per heavy atom. The zero-order chi connectivity index (χ0) is 51.1. The van der Waals surface area contributed by atoms with E-state index >= 15 is 0 Å². The molecule has 0 rings (SSSR count). The monoisotopic (exact) mass is 1050 g/mol. The van der Waals surface area contributed by atoms with Crippen LogP contribution >= 0.6 is 0 Å². The Bertz CT molecular complexity index is 1650. The third-order valence-corrected chi connectivity index (χ3v) is 7.33. The Labute approximate surface area is 350 Å². The van der Waals surface area contributed by atoms with Crippen LogP contribution in [-0.2, 0) is 4.79 Å². The van der Waals surface area contributed by atoms with Crippen molar-refractivity contribution in [2.45, 2.75) is 113 Å². The molecule has 0 aromatic rings. The molecule has 0 bridgehead atoms. The van der Waals surface area contributed by atoms with Crippen LogP contribution in [0.2, 0.25) is 0 Å². The topological polar surface area (TPSA) is 37.3 Å². The molecule has 42 heteroatoms. The van der Waals surface area contributed by atoms with E-state index in [4.69, 9.17) is 5.11 Å². The number of halogens is 39. The van der Waals surface area contributed by atoms with Crippen LogP contribution in [0.25, 0.3) is 0 Å². The van der Waals surface area contributed by atoms with E-state index in [-0.39, 0.29) is 51.4 Å². The first-order valence-corrected chi connectivity index (χ1v) is 12.5. The summed E-state index contributed by atoms with van der Waals surface area (Å²) in [6, 6.07) is 0. The van der Waals surface area contributed by atoms with Crippen LogP contribution < -0.4 is 0 Å². The summed E-state index contributed by atoms with van der Waals surface area (Å²) in [5.41, 5.74) is 0. The predicted molar refractivity (Wildman–Crippen MR) is 110 cm³/mol. The minimum atomic E-state index is -10.6. The maximum absolute atomic E-state index is 13.9. The van der Waals surface area contributed by atoms with Crippen molar-refractivity contribution in [3.63, 3.8) is 0 Å². The number of hydrogen-bond donors (Lipinski definition) is 1. The number of alkyl halides is 39. The molecule has 0 heterocycles. The molecule has 0 aliphatic rings. The molecule has 0 aromatic carbocycles. The Hall–Kier alpha value is -1.62. The van der Waals surface area contributed by atoms with Crippen LogP contribution in [-0.4, -0.2) is 175 Å². The van der Waals surface area contributed by atoms with Crippen molar-refractivity contribution in [3.8, 4) is 0 Å². The van der Waals surface area contributed by atoms with E-state index in [1.54, 1.807) is 0 Å². The second-order valence-electron chi connectivity index (χ2n) is 11.1. The Balaban J connectivity index is 0. The zero-order valence-corrected chi connectivity index (χ0v) is 25.6. The Morgan fingerprint density at radius 1 is 0.210 bits per heavy atom. The SMILES string of the molecule is O=C(O)C(F)(F)C(F)(F)C(F)(F)C(F)(F)C(F)(F)C(F)(F)C(F)(F)C(F)(F)C(F)(F)C(F)(F)C(F)(F)C(F)(F)C(F)(F)C(F)(F)C(F)(F)C(F)(F)C(F)(F)C(F)(F)C(F)(F)F.[KH]. The van der Waals surface area contributed by atoms with E-state index in [1.807, 2.05) is 0 Å². The van der Waals surface area contributed by atoms with Crippen molar-refractivity contribution >= 4 is 57.4 Å². The number of carboxylic acids is 1. The molecule has 0 fully saturated rings. The first kappa shape index (κ1) is 62.5. The molecule has 0 saturated carbocycles. The third-order valence-electron chi connectivity index (χ3n) is 7.33. The van der Waals surface area contributed by atoms with Gasteiger partial charge in [-0.15, -0.1) is 0 Å². The molecule has 0 saturated heterocycles.